The van der Waals surface area contributed by atoms with Gasteiger partial charge in [-0.3, -0.25) is 4.90 Å². The van der Waals surface area contributed by atoms with Crippen molar-refractivity contribution in [3.63, 3.8) is 0 Å². The molecule has 0 unspecified atom stereocenters. The lowest BCUT2D eigenvalue weighted by molar-refractivity contribution is 0.174. The normalized spacial score (nSPS) is 12.4. The number of rotatable bonds is 9. The number of hydrogen-bond acceptors (Lipinski definition) is 4. The van der Waals surface area contributed by atoms with Gasteiger partial charge in [0.25, 0.3) is 0 Å². The van der Waals surface area contributed by atoms with Gasteiger partial charge < -0.3 is 14.0 Å². The highest BCUT2D eigenvalue weighted by molar-refractivity contribution is 5.68. The van der Waals surface area contributed by atoms with Crippen LogP contribution in [0.2, 0.25) is 0 Å². The molecule has 4 aromatic rings. The Morgan fingerprint density at radius 1 is 0.853 bits per heavy atom. The van der Waals surface area contributed by atoms with Gasteiger partial charge in [0, 0.05) is 31.3 Å². The minimum Gasteiger partial charge on any atom is -0.454 e. The van der Waals surface area contributed by atoms with Gasteiger partial charge >= 0.3 is 0 Å². The second kappa shape index (κ2) is 10.1. The fourth-order valence-electron chi connectivity index (χ4n) is 4.49. The molecule has 0 saturated heterocycles. The number of ether oxygens (including phenoxy) is 2. The predicted molar refractivity (Wildman–Crippen MR) is 136 cm³/mol. The van der Waals surface area contributed by atoms with Crippen LogP contribution in [0.25, 0.3) is 22.6 Å². The molecule has 0 bridgehead atoms. The molecule has 3 aromatic carbocycles. The maximum absolute atomic E-state index is 5.61. The number of unbranched alkanes of at least 4 members (excludes halogenated alkanes) is 1. The van der Waals surface area contributed by atoms with E-state index in [1.807, 2.05) is 12.1 Å². The Labute approximate surface area is 201 Å². The van der Waals surface area contributed by atoms with Gasteiger partial charge in [-0.1, -0.05) is 80.1 Å². The molecule has 1 aromatic heterocycles. The minimum atomic E-state index is 0.302. The lowest BCUT2D eigenvalue weighted by atomic mass is 10.1. The van der Waals surface area contributed by atoms with Crippen molar-refractivity contribution in [2.75, 3.05) is 13.3 Å². The average molecular weight is 454 g/mol. The third kappa shape index (κ3) is 4.70. The molecule has 0 spiro atoms. The molecule has 34 heavy (non-hydrogen) atoms. The monoisotopic (exact) mass is 453 g/mol. The quantitative estimate of drug-likeness (QED) is 0.299. The largest absolute Gasteiger partial charge is 0.454 e. The number of hydrogen-bond donors (Lipinski definition) is 0. The van der Waals surface area contributed by atoms with Gasteiger partial charge in [0.05, 0.1) is 11.4 Å². The Bertz CT molecular complexity index is 1240. The van der Waals surface area contributed by atoms with E-state index in [-0.39, 0.29) is 0 Å². The van der Waals surface area contributed by atoms with Gasteiger partial charge in [-0.2, -0.15) is 0 Å². The third-order valence-electron chi connectivity index (χ3n) is 6.34. The van der Waals surface area contributed by atoms with Crippen LogP contribution in [-0.4, -0.2) is 27.8 Å². The Hall–Kier alpha value is -3.57. The van der Waals surface area contributed by atoms with Gasteiger partial charge in [0.15, 0.2) is 11.5 Å². The van der Waals surface area contributed by atoms with E-state index < -0.39 is 0 Å². The summed E-state index contributed by atoms with van der Waals surface area (Å²) in [6.45, 7) is 5.22. The van der Waals surface area contributed by atoms with Gasteiger partial charge in [-0.05, 0) is 30.7 Å². The van der Waals surface area contributed by atoms with Crippen LogP contribution >= 0.6 is 0 Å². The molecule has 1 aliphatic rings. The summed E-state index contributed by atoms with van der Waals surface area (Å²) in [5.74, 6) is 2.66. The number of aromatic nitrogens is 2. The standard InChI is InChI=1S/C29H31N3O2/c1-3-4-17-32(19-22-15-16-26-27(18-22)34-21-33-26)20-25-28(23-11-7-5-8-12-23)30-29(31(25)2)24-13-9-6-10-14-24/h5-16,18H,3-4,17,19-21H2,1-2H3. The molecular formula is C29H31N3O2. The van der Waals surface area contributed by atoms with E-state index in [1.165, 1.54) is 11.3 Å². The van der Waals surface area contributed by atoms with Gasteiger partial charge in [-0.15, -0.1) is 0 Å². The highest BCUT2D eigenvalue weighted by Crippen LogP contribution is 2.34. The molecule has 0 aliphatic carbocycles. The van der Waals surface area contributed by atoms with Crippen LogP contribution in [0, 0.1) is 0 Å². The summed E-state index contributed by atoms with van der Waals surface area (Å²) in [6.07, 6.45) is 2.30. The van der Waals surface area contributed by atoms with Crippen molar-refractivity contribution in [1.29, 1.82) is 0 Å². The van der Waals surface area contributed by atoms with Crippen LogP contribution in [0.15, 0.2) is 78.9 Å². The van der Waals surface area contributed by atoms with Crippen molar-refractivity contribution >= 4 is 0 Å². The van der Waals surface area contributed by atoms with Gasteiger partial charge in [-0.25, -0.2) is 4.98 Å². The summed E-state index contributed by atoms with van der Waals surface area (Å²) < 4.78 is 13.4. The topological polar surface area (TPSA) is 39.5 Å². The maximum atomic E-state index is 5.61. The molecule has 0 saturated carbocycles. The third-order valence-corrected chi connectivity index (χ3v) is 6.34. The number of nitrogens with zero attached hydrogens (tertiary/aromatic N) is 3. The summed E-state index contributed by atoms with van der Waals surface area (Å²) >= 11 is 0. The average Bonchev–Trinajstić information content (AvgIpc) is 3.48. The number of fused-ring (bicyclic) bond motifs is 1. The van der Waals surface area contributed by atoms with Crippen LogP contribution in [-0.2, 0) is 20.1 Å². The van der Waals surface area contributed by atoms with E-state index in [0.29, 0.717) is 6.79 Å². The maximum Gasteiger partial charge on any atom is 0.231 e. The van der Waals surface area contributed by atoms with Crippen molar-refractivity contribution < 1.29 is 9.47 Å². The van der Waals surface area contributed by atoms with Crippen molar-refractivity contribution in [1.82, 2.24) is 14.5 Å². The fraction of sp³-hybridized carbons (Fsp3) is 0.276. The molecule has 2 heterocycles. The second-order valence-corrected chi connectivity index (χ2v) is 8.77. The first-order valence-electron chi connectivity index (χ1n) is 12.0. The Morgan fingerprint density at radius 3 is 2.29 bits per heavy atom. The first-order valence-corrected chi connectivity index (χ1v) is 12.0. The molecule has 174 valence electrons. The lowest BCUT2D eigenvalue weighted by Crippen LogP contribution is -2.25. The zero-order chi connectivity index (χ0) is 23.3. The highest BCUT2D eigenvalue weighted by atomic mass is 16.7. The van der Waals surface area contributed by atoms with Crippen molar-refractivity contribution in [2.24, 2.45) is 7.05 Å². The summed E-state index contributed by atoms with van der Waals surface area (Å²) in [6, 6.07) is 27.2. The van der Waals surface area contributed by atoms with E-state index in [2.05, 4.69) is 90.2 Å². The van der Waals surface area contributed by atoms with Crippen molar-refractivity contribution in [3.8, 4) is 34.1 Å². The zero-order valence-corrected chi connectivity index (χ0v) is 19.9. The molecule has 0 radical (unpaired) electrons. The van der Waals surface area contributed by atoms with Crippen LogP contribution in [0.3, 0.4) is 0 Å². The molecule has 0 fully saturated rings. The summed E-state index contributed by atoms with van der Waals surface area (Å²) in [5, 5.41) is 0. The summed E-state index contributed by atoms with van der Waals surface area (Å²) in [5.41, 5.74) is 5.78. The van der Waals surface area contributed by atoms with Crippen LogP contribution in [0.4, 0.5) is 0 Å². The molecule has 5 rings (SSSR count). The fourth-order valence-corrected chi connectivity index (χ4v) is 4.49. The molecule has 5 nitrogen and oxygen atoms in total. The first-order chi connectivity index (χ1) is 16.7. The second-order valence-electron chi connectivity index (χ2n) is 8.77. The Morgan fingerprint density at radius 2 is 1.56 bits per heavy atom. The molecule has 0 atom stereocenters. The van der Waals surface area contributed by atoms with Gasteiger partial charge in [0.1, 0.15) is 5.82 Å². The SMILES string of the molecule is CCCCN(Cc1ccc2c(c1)OCO2)Cc1c(-c2ccccc2)nc(-c2ccccc2)n1C. The van der Waals surface area contributed by atoms with Crippen LogP contribution < -0.4 is 9.47 Å². The van der Waals surface area contributed by atoms with E-state index in [4.69, 9.17) is 14.5 Å². The van der Waals surface area contributed by atoms with E-state index in [9.17, 15) is 0 Å². The molecule has 0 amide bonds. The summed E-state index contributed by atoms with van der Waals surface area (Å²) in [7, 11) is 2.13. The minimum absolute atomic E-state index is 0.302. The van der Waals surface area contributed by atoms with E-state index in [0.717, 1.165) is 66.6 Å². The first kappa shape index (κ1) is 22.2. The Balaban J connectivity index is 1.50. The van der Waals surface area contributed by atoms with Crippen molar-refractivity contribution in [2.45, 2.75) is 32.9 Å². The number of benzene rings is 3. The molecule has 5 heteroatoms. The smallest absolute Gasteiger partial charge is 0.231 e. The van der Waals surface area contributed by atoms with Crippen LogP contribution in [0.1, 0.15) is 31.0 Å². The number of imidazole rings is 1. The molecule has 0 N–H and O–H groups in total. The van der Waals surface area contributed by atoms with Gasteiger partial charge in [0.2, 0.25) is 6.79 Å². The molecular weight excluding hydrogens is 422 g/mol. The zero-order valence-electron chi connectivity index (χ0n) is 19.9. The molecule has 1 aliphatic heterocycles. The Kier molecular flexibility index (Phi) is 6.63. The van der Waals surface area contributed by atoms with Crippen LogP contribution in [0.5, 0.6) is 11.5 Å². The highest BCUT2D eigenvalue weighted by Gasteiger charge is 2.21. The van der Waals surface area contributed by atoms with E-state index >= 15 is 0 Å². The predicted octanol–water partition coefficient (Wildman–Crippen LogP) is 6.29. The van der Waals surface area contributed by atoms with Crippen molar-refractivity contribution in [3.05, 3.63) is 90.1 Å². The lowest BCUT2D eigenvalue weighted by Gasteiger charge is -2.23. The van der Waals surface area contributed by atoms with E-state index in [1.54, 1.807) is 0 Å². The summed E-state index contributed by atoms with van der Waals surface area (Å²) in [4.78, 5) is 7.65.